The van der Waals surface area contributed by atoms with Crippen LogP contribution in [0.1, 0.15) is 11.1 Å². The fraction of sp³-hybridized carbons (Fsp3) is 0.182. The summed E-state index contributed by atoms with van der Waals surface area (Å²) in [4.78, 5) is 25.2. The van der Waals surface area contributed by atoms with Crippen LogP contribution in [0.4, 0.5) is 0 Å². The number of para-hydroxylation sites is 1. The zero-order chi connectivity index (χ0) is 21.1. The van der Waals surface area contributed by atoms with Crippen molar-refractivity contribution in [2.45, 2.75) is 18.6 Å². The van der Waals surface area contributed by atoms with E-state index in [0.29, 0.717) is 29.4 Å². The molecule has 0 spiro atoms. The van der Waals surface area contributed by atoms with Gasteiger partial charge in [-0.05, 0) is 24.6 Å². The molecule has 1 amide bonds. The molecule has 4 aromatic rings. The van der Waals surface area contributed by atoms with Crippen LogP contribution in [0.5, 0.6) is 0 Å². The average molecular weight is 420 g/mol. The van der Waals surface area contributed by atoms with Crippen molar-refractivity contribution >= 4 is 34.3 Å². The number of carbonyl (C=O) groups excluding carboxylic acids is 1. The molecule has 1 N–H and O–H groups in total. The lowest BCUT2D eigenvalue weighted by atomic mass is 10.1. The highest BCUT2D eigenvalue weighted by Gasteiger charge is 2.17. The smallest absolute Gasteiger partial charge is 0.263 e. The van der Waals surface area contributed by atoms with E-state index < -0.39 is 0 Å². The third-order valence-electron chi connectivity index (χ3n) is 4.72. The zero-order valence-electron chi connectivity index (χ0n) is 16.5. The number of hydrogen-bond donors (Lipinski definition) is 1. The number of carbonyl (C=O) groups is 1. The molecule has 0 aliphatic rings. The minimum Gasteiger partial charge on any atom is -0.352 e. The van der Waals surface area contributed by atoms with Gasteiger partial charge in [0.1, 0.15) is 0 Å². The Labute approximate surface area is 177 Å². The lowest BCUT2D eigenvalue weighted by Gasteiger charge is -2.11. The summed E-state index contributed by atoms with van der Waals surface area (Å²) >= 11 is 1.28. The molecular weight excluding hydrogens is 398 g/mol. The molecule has 0 radical (unpaired) electrons. The van der Waals surface area contributed by atoms with Crippen LogP contribution in [0.2, 0.25) is 0 Å². The number of rotatable bonds is 7. The third kappa shape index (κ3) is 3.86. The molecular formula is C22H21N5O2S. The number of thioether (sulfide) groups is 1. The van der Waals surface area contributed by atoms with Crippen LogP contribution in [-0.4, -0.2) is 37.4 Å². The van der Waals surface area contributed by atoms with Crippen LogP contribution in [0.15, 0.2) is 71.1 Å². The van der Waals surface area contributed by atoms with Crippen molar-refractivity contribution in [3.8, 4) is 0 Å². The van der Waals surface area contributed by atoms with E-state index in [2.05, 4.69) is 22.1 Å². The van der Waals surface area contributed by atoms with Crippen molar-refractivity contribution < 1.29 is 4.79 Å². The first-order valence-corrected chi connectivity index (χ1v) is 10.5. The van der Waals surface area contributed by atoms with Crippen molar-refractivity contribution in [1.82, 2.24) is 24.5 Å². The number of benzene rings is 2. The Balaban J connectivity index is 1.80. The van der Waals surface area contributed by atoms with Gasteiger partial charge in [-0.15, -0.1) is 16.8 Å². The molecule has 0 unspecified atom stereocenters. The maximum absolute atomic E-state index is 13.2. The highest BCUT2D eigenvalue weighted by Crippen LogP contribution is 2.22. The van der Waals surface area contributed by atoms with Gasteiger partial charge in [0.15, 0.2) is 5.16 Å². The first-order valence-electron chi connectivity index (χ1n) is 9.51. The first-order chi connectivity index (χ1) is 14.6. The number of nitrogens with one attached hydrogen (secondary N) is 1. The summed E-state index contributed by atoms with van der Waals surface area (Å²) in [7, 11) is 0. The predicted molar refractivity (Wildman–Crippen MR) is 119 cm³/mol. The molecule has 30 heavy (non-hydrogen) atoms. The number of fused-ring (bicyclic) bond motifs is 3. The Kier molecular flexibility index (Phi) is 5.67. The SMILES string of the molecule is C=CCNC(=O)CSc1nnc2n(Cc3ccc(C)cc3)c(=O)c3ccccc3n12. The lowest BCUT2D eigenvalue weighted by Crippen LogP contribution is -2.25. The summed E-state index contributed by atoms with van der Waals surface area (Å²) in [5, 5.41) is 12.5. The number of aromatic nitrogens is 4. The topological polar surface area (TPSA) is 81.3 Å². The Morgan fingerprint density at radius 3 is 2.70 bits per heavy atom. The molecule has 0 fully saturated rings. The predicted octanol–water partition coefficient (Wildman–Crippen LogP) is 2.80. The van der Waals surface area contributed by atoms with Crippen LogP contribution in [0.3, 0.4) is 0 Å². The maximum atomic E-state index is 13.2. The third-order valence-corrected chi connectivity index (χ3v) is 5.64. The molecule has 0 saturated heterocycles. The molecule has 0 atom stereocenters. The van der Waals surface area contributed by atoms with E-state index in [-0.39, 0.29) is 17.2 Å². The zero-order valence-corrected chi connectivity index (χ0v) is 17.4. The Morgan fingerprint density at radius 1 is 1.17 bits per heavy atom. The van der Waals surface area contributed by atoms with Gasteiger partial charge in [-0.1, -0.05) is 59.8 Å². The van der Waals surface area contributed by atoms with E-state index in [4.69, 9.17) is 0 Å². The van der Waals surface area contributed by atoms with E-state index in [0.717, 1.165) is 16.6 Å². The standard InChI is InChI=1S/C22H21N5O2S/c1-3-12-23-19(28)14-30-22-25-24-21-26(13-16-10-8-15(2)9-11-16)20(29)17-6-4-5-7-18(17)27(21)22/h3-11H,1,12-14H2,2H3,(H,23,28). The first kappa shape index (κ1) is 19.9. The van der Waals surface area contributed by atoms with Crippen LogP contribution >= 0.6 is 11.8 Å². The fourth-order valence-corrected chi connectivity index (χ4v) is 3.98. The molecule has 4 rings (SSSR count). The van der Waals surface area contributed by atoms with E-state index >= 15 is 0 Å². The molecule has 2 heterocycles. The Bertz CT molecular complexity index is 1290. The molecule has 8 heteroatoms. The van der Waals surface area contributed by atoms with Crippen LogP contribution in [0, 0.1) is 6.92 Å². The second-order valence-electron chi connectivity index (χ2n) is 6.89. The van der Waals surface area contributed by atoms with Gasteiger partial charge in [0, 0.05) is 6.54 Å². The van der Waals surface area contributed by atoms with Crippen LogP contribution in [0.25, 0.3) is 16.7 Å². The maximum Gasteiger partial charge on any atom is 0.263 e. The summed E-state index contributed by atoms with van der Waals surface area (Å²) in [6.45, 7) is 6.42. The van der Waals surface area contributed by atoms with Gasteiger partial charge in [-0.3, -0.25) is 18.6 Å². The van der Waals surface area contributed by atoms with E-state index in [1.54, 1.807) is 16.7 Å². The monoisotopic (exact) mass is 419 g/mol. The van der Waals surface area contributed by atoms with Crippen molar-refractivity contribution in [2.24, 2.45) is 0 Å². The summed E-state index contributed by atoms with van der Waals surface area (Å²) < 4.78 is 3.47. The summed E-state index contributed by atoms with van der Waals surface area (Å²) in [6, 6.07) is 15.4. The number of hydrogen-bond acceptors (Lipinski definition) is 5. The van der Waals surface area contributed by atoms with Crippen molar-refractivity contribution in [3.05, 3.63) is 82.7 Å². The van der Waals surface area contributed by atoms with Gasteiger partial charge in [0.2, 0.25) is 11.7 Å². The van der Waals surface area contributed by atoms with Crippen molar-refractivity contribution in [1.29, 1.82) is 0 Å². The molecule has 7 nitrogen and oxygen atoms in total. The summed E-state index contributed by atoms with van der Waals surface area (Å²) in [5.41, 5.74) is 2.76. The summed E-state index contributed by atoms with van der Waals surface area (Å²) in [6.07, 6.45) is 1.63. The van der Waals surface area contributed by atoms with Crippen LogP contribution in [-0.2, 0) is 11.3 Å². The number of aryl methyl sites for hydroxylation is 1. The minimum absolute atomic E-state index is 0.117. The van der Waals surface area contributed by atoms with Gasteiger partial charge < -0.3 is 5.32 Å². The fourth-order valence-electron chi connectivity index (χ4n) is 3.21. The molecule has 2 aromatic carbocycles. The normalized spacial score (nSPS) is 11.1. The van der Waals surface area contributed by atoms with Gasteiger partial charge in [-0.2, -0.15) is 0 Å². The van der Waals surface area contributed by atoms with E-state index in [1.807, 2.05) is 53.8 Å². The Morgan fingerprint density at radius 2 is 1.93 bits per heavy atom. The quantitative estimate of drug-likeness (QED) is 0.368. The second-order valence-corrected chi connectivity index (χ2v) is 7.84. The molecule has 0 aliphatic carbocycles. The van der Waals surface area contributed by atoms with Gasteiger partial charge in [0.05, 0.1) is 23.2 Å². The molecule has 2 aromatic heterocycles. The minimum atomic E-state index is -0.119. The van der Waals surface area contributed by atoms with Gasteiger partial charge in [0.25, 0.3) is 5.56 Å². The molecule has 0 aliphatic heterocycles. The van der Waals surface area contributed by atoms with Gasteiger partial charge >= 0.3 is 0 Å². The van der Waals surface area contributed by atoms with E-state index in [9.17, 15) is 9.59 Å². The van der Waals surface area contributed by atoms with Crippen molar-refractivity contribution in [3.63, 3.8) is 0 Å². The molecule has 0 bridgehead atoms. The number of amides is 1. The average Bonchev–Trinajstić information content (AvgIpc) is 3.19. The lowest BCUT2D eigenvalue weighted by molar-refractivity contribution is -0.118. The van der Waals surface area contributed by atoms with Crippen molar-refractivity contribution in [2.75, 3.05) is 12.3 Å². The molecule has 0 saturated carbocycles. The Hall–Kier alpha value is -3.39. The highest BCUT2D eigenvalue weighted by atomic mass is 32.2. The highest BCUT2D eigenvalue weighted by molar-refractivity contribution is 7.99. The van der Waals surface area contributed by atoms with Gasteiger partial charge in [-0.25, -0.2) is 0 Å². The largest absolute Gasteiger partial charge is 0.352 e. The second kappa shape index (κ2) is 8.54. The number of nitrogens with zero attached hydrogens (tertiary/aromatic N) is 4. The van der Waals surface area contributed by atoms with E-state index in [1.165, 1.54) is 11.8 Å². The summed E-state index contributed by atoms with van der Waals surface area (Å²) in [5.74, 6) is 0.530. The van der Waals surface area contributed by atoms with Crippen LogP contribution < -0.4 is 10.9 Å². The molecule has 152 valence electrons.